The minimum absolute atomic E-state index is 0.870. The Balaban J connectivity index is 0.899. The van der Waals surface area contributed by atoms with E-state index in [0.717, 1.165) is 101 Å². The van der Waals surface area contributed by atoms with Crippen LogP contribution in [0.15, 0.2) is 303 Å². The van der Waals surface area contributed by atoms with Crippen molar-refractivity contribution in [3.63, 3.8) is 0 Å². The maximum atomic E-state index is 5.84. The number of para-hydroxylation sites is 4. The van der Waals surface area contributed by atoms with Crippen LogP contribution in [0, 0.1) is 0 Å². The molecule has 0 amide bonds. The topological polar surface area (TPSA) is 24.3 Å². The van der Waals surface area contributed by atoms with Crippen molar-refractivity contribution in [1.82, 2.24) is 9.55 Å². The van der Waals surface area contributed by atoms with Crippen LogP contribution in [-0.4, -0.2) is 9.55 Å². The minimum Gasteiger partial charge on any atom is -0.311 e. The zero-order valence-corrected chi connectivity index (χ0v) is 42.2. The Labute approximate surface area is 448 Å². The molecule has 0 spiro atoms. The molecule has 0 bridgehead atoms. The van der Waals surface area contributed by atoms with Gasteiger partial charge in [-0.2, -0.15) is 0 Å². The van der Waals surface area contributed by atoms with Gasteiger partial charge < -0.3 is 9.80 Å². The Morgan fingerprint density at radius 1 is 0.260 bits per heavy atom. The molecule has 0 saturated heterocycles. The molecule has 77 heavy (non-hydrogen) atoms. The SMILES string of the molecule is c1ccc(N(c2ccccc2)c2ccc(-c3ccc(N(c4ccccc4)c4ccc(-c5nc6c(-c7ccc8ccccc8c7)c7ccccc7c(-c7ccc8ccccc8c7)c6n5-c5ccccc5)cc4)cc3)cc2)cc1. The van der Waals surface area contributed by atoms with Gasteiger partial charge in [0.1, 0.15) is 5.82 Å². The molecule has 362 valence electrons. The quantitative estimate of drug-likeness (QED) is 0.129. The fourth-order valence-electron chi connectivity index (χ4n) is 11.3. The summed E-state index contributed by atoms with van der Waals surface area (Å²) in [6.45, 7) is 0. The third-order valence-corrected chi connectivity index (χ3v) is 14.9. The first-order chi connectivity index (χ1) is 38.2. The minimum atomic E-state index is 0.870. The molecule has 0 saturated carbocycles. The van der Waals surface area contributed by atoms with Gasteiger partial charge in [-0.15, -0.1) is 0 Å². The summed E-state index contributed by atoms with van der Waals surface area (Å²) >= 11 is 0. The van der Waals surface area contributed by atoms with Gasteiger partial charge in [0.25, 0.3) is 0 Å². The smallest absolute Gasteiger partial charge is 0.145 e. The largest absolute Gasteiger partial charge is 0.311 e. The number of fused-ring (bicyclic) bond motifs is 4. The van der Waals surface area contributed by atoms with Crippen molar-refractivity contribution in [2.24, 2.45) is 0 Å². The van der Waals surface area contributed by atoms with Gasteiger partial charge in [0.15, 0.2) is 0 Å². The van der Waals surface area contributed by atoms with Gasteiger partial charge in [-0.1, -0.05) is 194 Å². The second kappa shape index (κ2) is 19.5. The molecule has 14 rings (SSSR count). The van der Waals surface area contributed by atoms with Crippen molar-refractivity contribution in [3.8, 4) is 50.5 Å². The maximum absolute atomic E-state index is 5.84. The molecule has 0 aliphatic heterocycles. The van der Waals surface area contributed by atoms with Crippen LogP contribution in [0.1, 0.15) is 0 Å². The van der Waals surface area contributed by atoms with Crippen molar-refractivity contribution in [2.45, 2.75) is 0 Å². The van der Waals surface area contributed by atoms with E-state index < -0.39 is 0 Å². The summed E-state index contributed by atoms with van der Waals surface area (Å²) in [6.07, 6.45) is 0. The first-order valence-corrected chi connectivity index (χ1v) is 26.3. The van der Waals surface area contributed by atoms with E-state index >= 15 is 0 Å². The molecular weight excluding hydrogens is 933 g/mol. The van der Waals surface area contributed by atoms with Gasteiger partial charge >= 0.3 is 0 Å². The summed E-state index contributed by atoms with van der Waals surface area (Å²) < 4.78 is 2.40. The maximum Gasteiger partial charge on any atom is 0.145 e. The fourth-order valence-corrected chi connectivity index (χ4v) is 11.3. The van der Waals surface area contributed by atoms with Gasteiger partial charge in [0.05, 0.1) is 11.0 Å². The van der Waals surface area contributed by atoms with E-state index in [-0.39, 0.29) is 0 Å². The Bertz CT molecular complexity index is 4360. The number of benzene rings is 13. The second-order valence-electron chi connectivity index (χ2n) is 19.5. The number of anilines is 6. The lowest BCUT2D eigenvalue weighted by atomic mass is 9.89. The molecular formula is C73H50N4. The van der Waals surface area contributed by atoms with Crippen molar-refractivity contribution in [1.29, 1.82) is 0 Å². The summed E-state index contributed by atoms with van der Waals surface area (Å²) in [5.74, 6) is 0.870. The predicted octanol–water partition coefficient (Wildman–Crippen LogP) is 20.1. The molecule has 14 aromatic rings. The van der Waals surface area contributed by atoms with Crippen LogP contribution >= 0.6 is 0 Å². The van der Waals surface area contributed by atoms with Crippen molar-refractivity contribution in [2.75, 3.05) is 9.80 Å². The van der Waals surface area contributed by atoms with Crippen molar-refractivity contribution < 1.29 is 0 Å². The zero-order valence-electron chi connectivity index (χ0n) is 42.2. The van der Waals surface area contributed by atoms with E-state index in [4.69, 9.17) is 4.98 Å². The van der Waals surface area contributed by atoms with Crippen molar-refractivity contribution >= 4 is 77.5 Å². The summed E-state index contributed by atoms with van der Waals surface area (Å²) in [5.41, 5.74) is 17.4. The molecule has 0 aliphatic carbocycles. The van der Waals surface area contributed by atoms with E-state index in [1.165, 1.54) is 26.9 Å². The monoisotopic (exact) mass is 982 g/mol. The number of nitrogens with zero attached hydrogens (tertiary/aromatic N) is 4. The molecule has 13 aromatic carbocycles. The highest BCUT2D eigenvalue weighted by Gasteiger charge is 2.26. The summed E-state index contributed by atoms with van der Waals surface area (Å²) in [4.78, 5) is 10.5. The normalized spacial score (nSPS) is 11.4. The molecule has 1 aromatic heterocycles. The van der Waals surface area contributed by atoms with E-state index in [1.54, 1.807) is 0 Å². The average Bonchev–Trinajstić information content (AvgIpc) is 4.08. The molecule has 4 nitrogen and oxygen atoms in total. The van der Waals surface area contributed by atoms with E-state index in [9.17, 15) is 0 Å². The fraction of sp³-hybridized carbons (Fsp3) is 0. The Kier molecular flexibility index (Phi) is 11.5. The second-order valence-corrected chi connectivity index (χ2v) is 19.5. The number of rotatable bonds is 11. The molecule has 1 heterocycles. The third-order valence-electron chi connectivity index (χ3n) is 14.9. The molecule has 4 heteroatoms. The molecule has 0 fully saturated rings. The first-order valence-electron chi connectivity index (χ1n) is 26.3. The van der Waals surface area contributed by atoms with Crippen LogP contribution < -0.4 is 9.80 Å². The zero-order chi connectivity index (χ0) is 51.1. The van der Waals surface area contributed by atoms with Crippen LogP contribution in [0.25, 0.3) is 93.8 Å². The molecule has 0 atom stereocenters. The van der Waals surface area contributed by atoms with E-state index in [0.29, 0.717) is 0 Å². The Hall–Kier alpha value is -10.3. The predicted molar refractivity (Wildman–Crippen MR) is 325 cm³/mol. The summed E-state index contributed by atoms with van der Waals surface area (Å²) in [7, 11) is 0. The van der Waals surface area contributed by atoms with Gasteiger partial charge in [0.2, 0.25) is 0 Å². The van der Waals surface area contributed by atoms with Gasteiger partial charge in [-0.25, -0.2) is 4.98 Å². The Morgan fingerprint density at radius 3 is 1.05 bits per heavy atom. The van der Waals surface area contributed by atoms with Crippen LogP contribution in [-0.2, 0) is 0 Å². The van der Waals surface area contributed by atoms with Crippen LogP contribution in [0.3, 0.4) is 0 Å². The van der Waals surface area contributed by atoms with Crippen LogP contribution in [0.2, 0.25) is 0 Å². The number of hydrogen-bond acceptors (Lipinski definition) is 3. The highest BCUT2D eigenvalue weighted by molar-refractivity contribution is 6.21. The number of aromatic nitrogens is 2. The number of imidazole rings is 1. The molecule has 0 unspecified atom stereocenters. The van der Waals surface area contributed by atoms with Crippen molar-refractivity contribution in [3.05, 3.63) is 303 Å². The molecule has 0 radical (unpaired) electrons. The standard InChI is InChI=1S/C73H50N4/c1-5-23-60(24-6-1)75(61-25-7-2-8-26-61)64-43-37-53(38-44-64)54-39-45-65(46-40-54)76(62-27-9-3-10-28-62)66-47-41-55(42-48-66)73-74-71-69(58-35-33-51-19-13-15-21-56(51)49-58)67-31-17-18-32-68(67)70(72(71)77(73)63-29-11-4-12-30-63)59-36-34-52-20-14-16-22-57(52)50-59/h1-50H. The average molecular weight is 983 g/mol. The first kappa shape index (κ1) is 45.3. The Morgan fingerprint density at radius 2 is 0.597 bits per heavy atom. The number of hydrogen-bond donors (Lipinski definition) is 0. The lowest BCUT2D eigenvalue weighted by Crippen LogP contribution is -2.10. The molecule has 0 aliphatic rings. The van der Waals surface area contributed by atoms with Gasteiger partial charge in [-0.05, 0) is 164 Å². The van der Waals surface area contributed by atoms with Crippen LogP contribution in [0.4, 0.5) is 34.1 Å². The highest BCUT2D eigenvalue weighted by atomic mass is 15.1. The van der Waals surface area contributed by atoms with E-state index in [1.807, 2.05) is 0 Å². The van der Waals surface area contributed by atoms with Gasteiger partial charge in [0, 0.05) is 56.5 Å². The highest BCUT2D eigenvalue weighted by Crippen LogP contribution is 2.47. The lowest BCUT2D eigenvalue weighted by Gasteiger charge is -2.26. The van der Waals surface area contributed by atoms with Crippen LogP contribution in [0.5, 0.6) is 0 Å². The molecule has 0 N–H and O–H groups in total. The summed E-state index contributed by atoms with van der Waals surface area (Å²) in [6, 6.07) is 109. The van der Waals surface area contributed by atoms with E-state index in [2.05, 4.69) is 318 Å². The van der Waals surface area contributed by atoms with Gasteiger partial charge in [-0.3, -0.25) is 4.57 Å². The summed E-state index contributed by atoms with van der Waals surface area (Å²) in [5, 5.41) is 7.15. The lowest BCUT2D eigenvalue weighted by molar-refractivity contribution is 1.10. The third kappa shape index (κ3) is 8.35.